The Labute approximate surface area is 91.5 Å². The summed E-state index contributed by atoms with van der Waals surface area (Å²) >= 11 is 0. The highest BCUT2D eigenvalue weighted by Gasteiger charge is 2.33. The molecular weight excluding hydrogens is 219 g/mol. The Hall–Kier alpha value is -1.39. The summed E-state index contributed by atoms with van der Waals surface area (Å²) < 4.78 is 37.1. The highest BCUT2D eigenvalue weighted by molar-refractivity contribution is 5.99. The molecule has 0 fully saturated rings. The normalized spacial score (nSPS) is 12.6. The van der Waals surface area contributed by atoms with Gasteiger partial charge in [0.25, 0.3) is 0 Å². The zero-order valence-electron chi connectivity index (χ0n) is 9.22. The first-order valence-electron chi connectivity index (χ1n) is 4.70. The lowest BCUT2D eigenvalue weighted by Gasteiger charge is -2.17. The Morgan fingerprint density at radius 3 is 2.25 bits per heavy atom. The predicted octanol–water partition coefficient (Wildman–Crippen LogP) is 3.33. The standard InChI is InChI=1S/C11H12F3NO/c1-10(2,3)9(16)7-4-5-15-8(6-7)11(12,13)14/h4-6H,1-3H3. The number of nitrogens with zero attached hydrogens (tertiary/aromatic N) is 1. The van der Waals surface area contributed by atoms with E-state index in [2.05, 4.69) is 4.98 Å². The molecule has 0 aliphatic rings. The van der Waals surface area contributed by atoms with Crippen LogP contribution in [0.25, 0.3) is 0 Å². The van der Waals surface area contributed by atoms with Crippen LogP contribution in [-0.2, 0) is 6.18 Å². The average Bonchev–Trinajstić information content (AvgIpc) is 2.14. The van der Waals surface area contributed by atoms with Gasteiger partial charge in [0.15, 0.2) is 5.78 Å². The first kappa shape index (κ1) is 12.7. The maximum absolute atomic E-state index is 12.4. The Bertz CT molecular complexity index is 404. The van der Waals surface area contributed by atoms with Gasteiger partial charge in [-0.3, -0.25) is 9.78 Å². The Morgan fingerprint density at radius 2 is 1.81 bits per heavy atom. The molecule has 0 bridgehead atoms. The SMILES string of the molecule is CC(C)(C)C(=O)c1ccnc(C(F)(F)F)c1. The van der Waals surface area contributed by atoms with Crippen molar-refractivity contribution in [3.63, 3.8) is 0 Å². The third-order valence-corrected chi connectivity index (χ3v) is 1.99. The molecule has 1 heterocycles. The van der Waals surface area contributed by atoms with E-state index in [0.717, 1.165) is 12.3 Å². The van der Waals surface area contributed by atoms with Crippen molar-refractivity contribution in [2.45, 2.75) is 26.9 Å². The number of halogens is 3. The van der Waals surface area contributed by atoms with Gasteiger partial charge in [-0.1, -0.05) is 20.8 Å². The smallest absolute Gasteiger partial charge is 0.294 e. The van der Waals surface area contributed by atoms with Crippen molar-refractivity contribution in [1.82, 2.24) is 4.98 Å². The highest BCUT2D eigenvalue weighted by Crippen LogP contribution is 2.29. The fourth-order valence-corrected chi connectivity index (χ4v) is 1.16. The van der Waals surface area contributed by atoms with Crippen LogP contribution in [0.2, 0.25) is 0 Å². The van der Waals surface area contributed by atoms with Gasteiger partial charge in [0.2, 0.25) is 0 Å². The van der Waals surface area contributed by atoms with E-state index in [1.807, 2.05) is 0 Å². The molecule has 5 heteroatoms. The molecule has 0 saturated carbocycles. The molecule has 0 atom stereocenters. The van der Waals surface area contributed by atoms with Crippen LogP contribution < -0.4 is 0 Å². The fraction of sp³-hybridized carbons (Fsp3) is 0.455. The molecule has 0 unspecified atom stereocenters. The van der Waals surface area contributed by atoms with Gasteiger partial charge in [-0.15, -0.1) is 0 Å². The second-order valence-corrected chi connectivity index (χ2v) is 4.51. The number of hydrogen-bond donors (Lipinski definition) is 0. The van der Waals surface area contributed by atoms with Crippen LogP contribution in [-0.4, -0.2) is 10.8 Å². The second kappa shape index (κ2) is 3.88. The van der Waals surface area contributed by atoms with Crippen molar-refractivity contribution >= 4 is 5.78 Å². The number of carbonyl (C=O) groups excluding carboxylic acids is 1. The molecule has 0 spiro atoms. The number of ketones is 1. The molecule has 0 N–H and O–H groups in total. The predicted molar refractivity (Wildman–Crippen MR) is 53.0 cm³/mol. The van der Waals surface area contributed by atoms with Crippen LogP contribution >= 0.6 is 0 Å². The van der Waals surface area contributed by atoms with E-state index in [1.165, 1.54) is 6.07 Å². The summed E-state index contributed by atoms with van der Waals surface area (Å²) in [5.74, 6) is -0.333. The van der Waals surface area contributed by atoms with E-state index in [9.17, 15) is 18.0 Å². The zero-order valence-corrected chi connectivity index (χ0v) is 9.22. The molecule has 88 valence electrons. The van der Waals surface area contributed by atoms with Gasteiger partial charge >= 0.3 is 6.18 Å². The minimum Gasteiger partial charge on any atom is -0.294 e. The number of hydrogen-bond acceptors (Lipinski definition) is 2. The van der Waals surface area contributed by atoms with Gasteiger partial charge in [0.1, 0.15) is 5.69 Å². The maximum atomic E-state index is 12.4. The molecule has 0 saturated heterocycles. The molecule has 0 radical (unpaired) electrons. The topological polar surface area (TPSA) is 30.0 Å². The Morgan fingerprint density at radius 1 is 1.25 bits per heavy atom. The zero-order chi connectivity index (χ0) is 12.6. The van der Waals surface area contributed by atoms with Gasteiger partial charge in [0, 0.05) is 17.2 Å². The molecule has 0 aliphatic heterocycles. The Balaban J connectivity index is 3.14. The van der Waals surface area contributed by atoms with Crippen LogP contribution in [0, 0.1) is 5.41 Å². The summed E-state index contributed by atoms with van der Waals surface area (Å²) in [5.41, 5.74) is -1.71. The summed E-state index contributed by atoms with van der Waals surface area (Å²) in [4.78, 5) is 14.9. The summed E-state index contributed by atoms with van der Waals surface area (Å²) in [7, 11) is 0. The maximum Gasteiger partial charge on any atom is 0.433 e. The Kier molecular flexibility index (Phi) is 3.08. The van der Waals surface area contributed by atoms with E-state index in [4.69, 9.17) is 0 Å². The largest absolute Gasteiger partial charge is 0.433 e. The van der Waals surface area contributed by atoms with Crippen molar-refractivity contribution in [3.05, 3.63) is 29.6 Å². The van der Waals surface area contributed by atoms with Gasteiger partial charge in [-0.05, 0) is 12.1 Å². The van der Waals surface area contributed by atoms with Crippen LogP contribution in [0.4, 0.5) is 13.2 Å². The van der Waals surface area contributed by atoms with E-state index < -0.39 is 17.3 Å². The van der Waals surface area contributed by atoms with Crippen LogP contribution in [0.15, 0.2) is 18.3 Å². The molecule has 2 nitrogen and oxygen atoms in total. The lowest BCUT2D eigenvalue weighted by Crippen LogP contribution is -2.21. The highest BCUT2D eigenvalue weighted by atomic mass is 19.4. The number of rotatable bonds is 1. The van der Waals surface area contributed by atoms with Gasteiger partial charge in [0.05, 0.1) is 0 Å². The average molecular weight is 231 g/mol. The number of aromatic nitrogens is 1. The van der Waals surface area contributed by atoms with Crippen molar-refractivity contribution in [1.29, 1.82) is 0 Å². The van der Waals surface area contributed by atoms with E-state index in [-0.39, 0.29) is 11.3 Å². The molecule has 1 rings (SSSR count). The molecule has 1 aromatic rings. The van der Waals surface area contributed by atoms with Crippen LogP contribution in [0.3, 0.4) is 0 Å². The number of alkyl halides is 3. The summed E-state index contributed by atoms with van der Waals surface area (Å²) in [6.07, 6.45) is -3.52. The van der Waals surface area contributed by atoms with Crippen molar-refractivity contribution in [3.8, 4) is 0 Å². The third-order valence-electron chi connectivity index (χ3n) is 1.99. The lowest BCUT2D eigenvalue weighted by atomic mass is 9.87. The van der Waals surface area contributed by atoms with Crippen molar-refractivity contribution in [2.24, 2.45) is 5.41 Å². The molecule has 0 aromatic carbocycles. The minimum atomic E-state index is -4.52. The molecule has 16 heavy (non-hydrogen) atoms. The van der Waals surface area contributed by atoms with Crippen molar-refractivity contribution in [2.75, 3.05) is 0 Å². The van der Waals surface area contributed by atoms with E-state index in [0.29, 0.717) is 0 Å². The van der Waals surface area contributed by atoms with E-state index >= 15 is 0 Å². The molecule has 0 amide bonds. The van der Waals surface area contributed by atoms with Gasteiger partial charge < -0.3 is 0 Å². The lowest BCUT2D eigenvalue weighted by molar-refractivity contribution is -0.141. The van der Waals surface area contributed by atoms with Crippen LogP contribution in [0.5, 0.6) is 0 Å². The number of pyridine rings is 1. The fourth-order valence-electron chi connectivity index (χ4n) is 1.16. The number of Topliss-reactive ketones (excluding diaryl/α,β-unsaturated/α-hetero) is 1. The third kappa shape index (κ3) is 2.81. The number of carbonyl (C=O) groups is 1. The molecule has 0 aliphatic carbocycles. The molecule has 1 aromatic heterocycles. The second-order valence-electron chi connectivity index (χ2n) is 4.51. The van der Waals surface area contributed by atoms with Crippen molar-refractivity contribution < 1.29 is 18.0 Å². The first-order chi connectivity index (χ1) is 7.12. The minimum absolute atomic E-state index is 0.0369. The quantitative estimate of drug-likeness (QED) is 0.694. The summed E-state index contributed by atoms with van der Waals surface area (Å²) in [6.45, 7) is 4.97. The van der Waals surface area contributed by atoms with E-state index in [1.54, 1.807) is 20.8 Å². The summed E-state index contributed by atoms with van der Waals surface area (Å²) in [5, 5.41) is 0. The summed E-state index contributed by atoms with van der Waals surface area (Å²) in [6, 6.07) is 2.08. The van der Waals surface area contributed by atoms with Crippen LogP contribution in [0.1, 0.15) is 36.8 Å². The van der Waals surface area contributed by atoms with Gasteiger partial charge in [-0.2, -0.15) is 13.2 Å². The monoisotopic (exact) mass is 231 g/mol. The van der Waals surface area contributed by atoms with Gasteiger partial charge in [-0.25, -0.2) is 0 Å². The first-order valence-corrected chi connectivity index (χ1v) is 4.70. The molecular formula is C11H12F3NO.